The third kappa shape index (κ3) is 2.23. The average molecular weight is 196 g/mol. The van der Waals surface area contributed by atoms with Crippen LogP contribution in [0.1, 0.15) is 19.8 Å². The molecule has 0 aromatic carbocycles. The second-order valence-corrected chi connectivity index (χ2v) is 3.83. The smallest absolute Gasteiger partial charge is 0.293 e. The zero-order chi connectivity index (χ0) is 10.7. The quantitative estimate of drug-likeness (QED) is 0.548. The van der Waals surface area contributed by atoms with Gasteiger partial charge in [0.25, 0.3) is 6.47 Å². The van der Waals surface area contributed by atoms with E-state index in [2.05, 4.69) is 13.2 Å². The molecule has 0 bridgehead atoms. The molecule has 3 heteroatoms. The highest BCUT2D eigenvalue weighted by Crippen LogP contribution is 2.33. The minimum absolute atomic E-state index is 0.209. The number of aliphatic hydroxyl groups excluding tert-OH is 1. The van der Waals surface area contributed by atoms with E-state index in [1.807, 2.05) is 6.92 Å². The normalized spacial score (nSPS) is 32.4. The van der Waals surface area contributed by atoms with Crippen molar-refractivity contribution < 1.29 is 14.6 Å². The molecule has 0 aromatic rings. The highest BCUT2D eigenvalue weighted by atomic mass is 16.5. The first-order chi connectivity index (χ1) is 6.56. The Morgan fingerprint density at radius 2 is 2.29 bits per heavy atom. The Kier molecular flexibility index (Phi) is 3.47. The number of allylic oxidation sites excluding steroid dienone is 1. The number of ether oxygens (including phenoxy) is 1. The van der Waals surface area contributed by atoms with Crippen molar-refractivity contribution >= 4 is 6.47 Å². The van der Waals surface area contributed by atoms with Gasteiger partial charge in [0.1, 0.15) is 6.10 Å². The van der Waals surface area contributed by atoms with E-state index >= 15 is 0 Å². The van der Waals surface area contributed by atoms with Crippen LogP contribution < -0.4 is 0 Å². The van der Waals surface area contributed by atoms with E-state index in [4.69, 9.17) is 4.74 Å². The molecule has 1 N–H and O–H groups in total. The standard InChI is InChI=1S/C11H16O3/c1-7(2)9-4-10(13)8(3)11(5-9)14-6-12/h6,9-11,13H,1,3-5H2,2H3/t9-,10+,11-/m1/s1. The van der Waals surface area contributed by atoms with Crippen LogP contribution in [0.25, 0.3) is 0 Å². The fourth-order valence-corrected chi connectivity index (χ4v) is 1.75. The van der Waals surface area contributed by atoms with Gasteiger partial charge in [-0.25, -0.2) is 0 Å². The first-order valence-corrected chi connectivity index (χ1v) is 4.67. The maximum Gasteiger partial charge on any atom is 0.293 e. The van der Waals surface area contributed by atoms with Gasteiger partial charge in [0.05, 0.1) is 6.10 Å². The summed E-state index contributed by atoms with van der Waals surface area (Å²) in [7, 11) is 0. The van der Waals surface area contributed by atoms with E-state index < -0.39 is 6.10 Å². The molecule has 0 radical (unpaired) electrons. The number of hydrogen-bond donors (Lipinski definition) is 1. The summed E-state index contributed by atoms with van der Waals surface area (Å²) >= 11 is 0. The second-order valence-electron chi connectivity index (χ2n) is 3.83. The summed E-state index contributed by atoms with van der Waals surface area (Å²) in [6.07, 6.45) is 0.366. The van der Waals surface area contributed by atoms with Crippen LogP contribution in [0.5, 0.6) is 0 Å². The van der Waals surface area contributed by atoms with Gasteiger partial charge in [-0.15, -0.1) is 0 Å². The number of carbonyl (C=O) groups is 1. The Balaban J connectivity index is 2.70. The van der Waals surface area contributed by atoms with Gasteiger partial charge in [-0.05, 0) is 31.3 Å². The topological polar surface area (TPSA) is 46.5 Å². The lowest BCUT2D eigenvalue weighted by Gasteiger charge is -2.33. The molecule has 0 heterocycles. The van der Waals surface area contributed by atoms with E-state index in [9.17, 15) is 9.90 Å². The summed E-state index contributed by atoms with van der Waals surface area (Å²) in [5.41, 5.74) is 1.60. The minimum atomic E-state index is -0.588. The molecule has 1 fully saturated rings. The summed E-state index contributed by atoms with van der Waals surface area (Å²) in [5.74, 6) is 0.209. The fourth-order valence-electron chi connectivity index (χ4n) is 1.75. The molecule has 0 amide bonds. The van der Waals surface area contributed by atoms with Gasteiger partial charge < -0.3 is 9.84 Å². The molecule has 0 aromatic heterocycles. The van der Waals surface area contributed by atoms with Crippen LogP contribution in [0.3, 0.4) is 0 Å². The van der Waals surface area contributed by atoms with Gasteiger partial charge in [0.15, 0.2) is 0 Å². The van der Waals surface area contributed by atoms with E-state index in [0.29, 0.717) is 24.9 Å². The van der Waals surface area contributed by atoms with Gasteiger partial charge in [-0.3, -0.25) is 4.79 Å². The first kappa shape index (κ1) is 11.0. The van der Waals surface area contributed by atoms with Gasteiger partial charge in [0.2, 0.25) is 0 Å². The molecule has 0 unspecified atom stereocenters. The lowest BCUT2D eigenvalue weighted by atomic mass is 9.79. The van der Waals surface area contributed by atoms with E-state index in [1.165, 1.54) is 0 Å². The minimum Gasteiger partial charge on any atom is -0.460 e. The molecule has 3 nitrogen and oxygen atoms in total. The SMILES string of the molecule is C=C(C)[C@@H]1C[C@H](O)C(=C)[C@H](OC=O)C1. The maximum atomic E-state index is 10.2. The van der Waals surface area contributed by atoms with Crippen LogP contribution in [0.15, 0.2) is 24.3 Å². The molecular weight excluding hydrogens is 180 g/mol. The van der Waals surface area contributed by atoms with E-state index in [0.717, 1.165) is 5.57 Å². The zero-order valence-corrected chi connectivity index (χ0v) is 8.40. The maximum absolute atomic E-state index is 10.2. The highest BCUT2D eigenvalue weighted by molar-refractivity contribution is 5.39. The summed E-state index contributed by atoms with van der Waals surface area (Å²) < 4.78 is 4.86. The van der Waals surface area contributed by atoms with E-state index in [1.54, 1.807) is 0 Å². The Bertz CT molecular complexity index is 257. The van der Waals surface area contributed by atoms with Crippen molar-refractivity contribution in [2.75, 3.05) is 0 Å². The monoisotopic (exact) mass is 196 g/mol. The molecule has 3 atom stereocenters. The molecular formula is C11H16O3. The summed E-state index contributed by atoms with van der Waals surface area (Å²) in [4.78, 5) is 10.2. The van der Waals surface area contributed by atoms with Gasteiger partial charge in [-0.2, -0.15) is 0 Å². The largest absolute Gasteiger partial charge is 0.460 e. The average Bonchev–Trinajstić information content (AvgIpc) is 2.12. The summed E-state index contributed by atoms with van der Waals surface area (Å²) in [5, 5.41) is 9.66. The molecule has 1 saturated carbocycles. The van der Waals surface area contributed by atoms with Gasteiger partial charge in [-0.1, -0.05) is 18.7 Å². The van der Waals surface area contributed by atoms with Crippen LogP contribution in [-0.2, 0) is 9.53 Å². The van der Waals surface area contributed by atoms with Crippen LogP contribution in [-0.4, -0.2) is 23.8 Å². The van der Waals surface area contributed by atoms with Crippen LogP contribution in [0.4, 0.5) is 0 Å². The molecule has 0 spiro atoms. The molecule has 1 rings (SSSR count). The van der Waals surface area contributed by atoms with Crippen LogP contribution in [0.2, 0.25) is 0 Å². The van der Waals surface area contributed by atoms with Crippen molar-refractivity contribution in [1.29, 1.82) is 0 Å². The second kappa shape index (κ2) is 4.42. The first-order valence-electron chi connectivity index (χ1n) is 4.67. The number of aliphatic hydroxyl groups is 1. The third-order valence-corrected chi connectivity index (χ3v) is 2.76. The Morgan fingerprint density at radius 3 is 2.79 bits per heavy atom. The summed E-state index contributed by atoms with van der Waals surface area (Å²) in [6, 6.07) is 0. The Morgan fingerprint density at radius 1 is 1.64 bits per heavy atom. The molecule has 0 saturated heterocycles. The van der Waals surface area contributed by atoms with Crippen molar-refractivity contribution in [2.24, 2.45) is 5.92 Å². The predicted octanol–water partition coefficient (Wildman–Crippen LogP) is 1.43. The zero-order valence-electron chi connectivity index (χ0n) is 8.40. The molecule has 78 valence electrons. The third-order valence-electron chi connectivity index (χ3n) is 2.76. The van der Waals surface area contributed by atoms with Gasteiger partial charge in [0, 0.05) is 0 Å². The van der Waals surface area contributed by atoms with Crippen LogP contribution >= 0.6 is 0 Å². The van der Waals surface area contributed by atoms with Crippen molar-refractivity contribution in [2.45, 2.75) is 32.0 Å². The van der Waals surface area contributed by atoms with Crippen molar-refractivity contribution in [3.05, 3.63) is 24.3 Å². The molecule has 1 aliphatic rings. The summed E-state index contributed by atoms with van der Waals surface area (Å²) in [6.45, 7) is 9.90. The fraction of sp³-hybridized carbons (Fsp3) is 0.545. The highest BCUT2D eigenvalue weighted by Gasteiger charge is 2.32. The number of rotatable bonds is 3. The molecule has 1 aliphatic carbocycles. The predicted molar refractivity (Wildman–Crippen MR) is 53.6 cm³/mol. The number of carbonyl (C=O) groups excluding carboxylic acids is 1. The lowest BCUT2D eigenvalue weighted by Crippen LogP contribution is -2.34. The Hall–Kier alpha value is -1.09. The van der Waals surface area contributed by atoms with Crippen molar-refractivity contribution in [3.63, 3.8) is 0 Å². The van der Waals surface area contributed by atoms with E-state index in [-0.39, 0.29) is 12.0 Å². The molecule has 0 aliphatic heterocycles. The van der Waals surface area contributed by atoms with Crippen molar-refractivity contribution in [3.8, 4) is 0 Å². The van der Waals surface area contributed by atoms with Crippen LogP contribution in [0, 0.1) is 5.92 Å². The molecule has 14 heavy (non-hydrogen) atoms. The number of hydrogen-bond acceptors (Lipinski definition) is 3. The lowest BCUT2D eigenvalue weighted by molar-refractivity contribution is -0.133. The van der Waals surface area contributed by atoms with Crippen molar-refractivity contribution in [1.82, 2.24) is 0 Å². The Labute approximate surface area is 84.1 Å². The van der Waals surface area contributed by atoms with Gasteiger partial charge >= 0.3 is 0 Å².